The lowest BCUT2D eigenvalue weighted by molar-refractivity contribution is -0.142. The van der Waals surface area contributed by atoms with Crippen molar-refractivity contribution in [1.29, 1.82) is 0 Å². The monoisotopic (exact) mass is 852 g/mol. The van der Waals surface area contributed by atoms with Crippen molar-refractivity contribution in [3.05, 3.63) is 72.1 Å². The van der Waals surface area contributed by atoms with Crippen LogP contribution in [-0.2, 0) is 31.9 Å². The number of imidazole rings is 2. The van der Waals surface area contributed by atoms with Crippen molar-refractivity contribution in [3.63, 3.8) is 0 Å². The molecule has 2 fully saturated rings. The zero-order valence-electron chi connectivity index (χ0n) is 36.3. The SMILES string of the molecule is CCC.COC(=O)NCC(=O)N1CCCC1.COC(=O)NN(C(=O)[C@H]1CCCC[C@H]1c1ncc(-c2ccc3cc(-c4sc(-c5cnc[nH]5)c5c4CCC5)ccc3c2)[nH]1)C(C)C. The van der Waals surface area contributed by atoms with Crippen molar-refractivity contribution in [2.45, 2.75) is 104 Å². The first-order chi connectivity index (χ1) is 29.6. The maximum atomic E-state index is 13.7. The van der Waals surface area contributed by atoms with E-state index in [1.807, 2.05) is 37.6 Å². The molecule has 61 heavy (non-hydrogen) atoms. The predicted molar refractivity (Wildman–Crippen MR) is 239 cm³/mol. The molecule has 2 atom stereocenters. The van der Waals surface area contributed by atoms with Crippen LogP contribution in [0.15, 0.2) is 55.1 Å². The van der Waals surface area contributed by atoms with E-state index < -0.39 is 12.2 Å². The Morgan fingerprint density at radius 3 is 2.16 bits per heavy atom. The van der Waals surface area contributed by atoms with Crippen LogP contribution in [0.5, 0.6) is 0 Å². The number of methoxy groups -OCH3 is 2. The number of carbonyl (C=O) groups is 4. The number of hydrogen-bond donors (Lipinski definition) is 4. The Hall–Kier alpha value is -5.70. The Morgan fingerprint density at radius 2 is 1.51 bits per heavy atom. The van der Waals surface area contributed by atoms with Crippen molar-refractivity contribution in [2.24, 2.45) is 5.92 Å². The molecule has 4 amide bonds. The first-order valence-electron chi connectivity index (χ1n) is 21.6. The minimum atomic E-state index is -0.647. The number of nitrogens with zero attached hydrogens (tertiary/aromatic N) is 4. The van der Waals surface area contributed by atoms with Gasteiger partial charge in [0.2, 0.25) is 11.8 Å². The fourth-order valence-corrected chi connectivity index (χ4v) is 9.71. The van der Waals surface area contributed by atoms with E-state index in [4.69, 9.17) is 9.72 Å². The number of thiophene rings is 1. The van der Waals surface area contributed by atoms with Gasteiger partial charge in [0.25, 0.3) is 0 Å². The normalized spacial score (nSPS) is 16.8. The van der Waals surface area contributed by atoms with Gasteiger partial charge in [0.15, 0.2) is 0 Å². The molecule has 1 aliphatic heterocycles. The maximum absolute atomic E-state index is 13.7. The Balaban J connectivity index is 0.000000329. The van der Waals surface area contributed by atoms with E-state index in [1.54, 1.807) is 11.2 Å². The number of fused-ring (bicyclic) bond motifs is 2. The molecule has 14 nitrogen and oxygen atoms in total. The van der Waals surface area contributed by atoms with Crippen LogP contribution in [0, 0.1) is 5.92 Å². The van der Waals surface area contributed by atoms with E-state index in [-0.39, 0.29) is 36.2 Å². The molecular weight excluding hydrogens is 793 g/mol. The lowest BCUT2D eigenvalue weighted by Crippen LogP contribution is -2.53. The number of carbonyl (C=O) groups excluding carboxylic acids is 4. The Kier molecular flexibility index (Phi) is 15.6. The van der Waals surface area contributed by atoms with Gasteiger partial charge in [0, 0.05) is 41.4 Å². The van der Waals surface area contributed by atoms with Crippen molar-refractivity contribution in [3.8, 4) is 32.3 Å². The number of H-pyrrole nitrogens is 2. The number of benzene rings is 2. The van der Waals surface area contributed by atoms with E-state index in [1.165, 1.54) is 69.3 Å². The van der Waals surface area contributed by atoms with Crippen LogP contribution in [0.3, 0.4) is 0 Å². The first-order valence-corrected chi connectivity index (χ1v) is 22.4. The molecule has 0 radical (unpaired) electrons. The average molecular weight is 853 g/mol. The molecule has 1 saturated heterocycles. The van der Waals surface area contributed by atoms with Crippen LogP contribution >= 0.6 is 11.3 Å². The lowest BCUT2D eigenvalue weighted by Gasteiger charge is -2.35. The number of hydrogen-bond acceptors (Lipinski definition) is 9. The highest BCUT2D eigenvalue weighted by atomic mass is 32.1. The van der Waals surface area contributed by atoms with Crippen LogP contribution in [-0.4, -0.2) is 93.7 Å². The van der Waals surface area contributed by atoms with Crippen molar-refractivity contribution in [1.82, 2.24) is 40.6 Å². The summed E-state index contributed by atoms with van der Waals surface area (Å²) in [5, 5.41) is 6.12. The average Bonchev–Trinajstić information content (AvgIpc) is 4.14. The molecule has 2 aliphatic carbocycles. The van der Waals surface area contributed by atoms with Gasteiger partial charge in [-0.15, -0.1) is 11.3 Å². The van der Waals surface area contributed by atoms with Crippen molar-refractivity contribution >= 4 is 46.1 Å². The first kappa shape index (κ1) is 44.8. The molecule has 5 aromatic rings. The largest absolute Gasteiger partial charge is 0.453 e. The summed E-state index contributed by atoms with van der Waals surface area (Å²) in [6.07, 6.45) is 14.8. The smallest absolute Gasteiger partial charge is 0.425 e. The highest BCUT2D eigenvalue weighted by Gasteiger charge is 2.38. The summed E-state index contributed by atoms with van der Waals surface area (Å²) < 4.78 is 9.10. The van der Waals surface area contributed by atoms with Gasteiger partial charge in [0.1, 0.15) is 12.4 Å². The molecule has 326 valence electrons. The van der Waals surface area contributed by atoms with Gasteiger partial charge < -0.3 is 29.7 Å². The standard InChI is InChI=1S/C35H38N6O3S.C8H14N2O3.C3H8/c1-20(2)41(40-35(43)44-3)34(42)28-8-5-4-7-27(28)33-37-18-29(39-33)23-13-11-22-16-24(14-12-21(22)15-23)31-25-9-6-10-26(25)32(45-31)30-17-36-19-38-30;1-13-8(12)9-6-7(11)10-4-2-3-5-10;1-3-2/h11-20,27-28H,4-10H2,1-3H3,(H,36,38)(H,37,39)(H,40,43);2-6H2,1H3,(H,9,12);3H2,1-2H3/t27-,28+;;/m1../s1. The summed E-state index contributed by atoms with van der Waals surface area (Å²) in [7, 11) is 2.57. The summed E-state index contributed by atoms with van der Waals surface area (Å²) in [5.74, 6) is 0.345. The molecule has 0 bridgehead atoms. The quantitative estimate of drug-likeness (QED) is 0.112. The van der Waals surface area contributed by atoms with E-state index in [0.29, 0.717) is 0 Å². The minimum absolute atomic E-state index is 0.0344. The molecule has 0 unspecified atom stereocenters. The van der Waals surface area contributed by atoms with E-state index in [2.05, 4.69) is 80.7 Å². The topological polar surface area (TPSA) is 175 Å². The van der Waals surface area contributed by atoms with E-state index >= 15 is 0 Å². The van der Waals surface area contributed by atoms with Gasteiger partial charge in [-0.25, -0.2) is 30.0 Å². The van der Waals surface area contributed by atoms with Gasteiger partial charge >= 0.3 is 12.2 Å². The Labute approximate surface area is 362 Å². The molecule has 0 spiro atoms. The van der Waals surface area contributed by atoms with Gasteiger partial charge in [0.05, 0.1) is 49.2 Å². The minimum Gasteiger partial charge on any atom is -0.453 e. The van der Waals surface area contributed by atoms with Crippen LogP contribution < -0.4 is 10.7 Å². The molecular formula is C46H60N8O6S. The number of rotatable bonds is 8. The van der Waals surface area contributed by atoms with E-state index in [0.717, 1.165) is 87.2 Å². The van der Waals surface area contributed by atoms with Gasteiger partial charge in [-0.1, -0.05) is 57.4 Å². The molecule has 2 aromatic carbocycles. The summed E-state index contributed by atoms with van der Waals surface area (Å²) in [6.45, 7) is 9.66. The summed E-state index contributed by atoms with van der Waals surface area (Å²) in [4.78, 5) is 67.9. The number of hydrazine groups is 1. The van der Waals surface area contributed by atoms with Crippen LogP contribution in [0.25, 0.3) is 43.0 Å². The molecule has 3 aliphatic rings. The van der Waals surface area contributed by atoms with E-state index in [9.17, 15) is 19.2 Å². The third kappa shape index (κ3) is 10.8. The van der Waals surface area contributed by atoms with Crippen LogP contribution in [0.1, 0.15) is 102 Å². The zero-order valence-corrected chi connectivity index (χ0v) is 37.1. The summed E-state index contributed by atoms with van der Waals surface area (Å²) in [6, 6.07) is 13.1. The number of aromatic amines is 2. The molecule has 15 heteroatoms. The second kappa shape index (κ2) is 21.2. The lowest BCUT2D eigenvalue weighted by atomic mass is 9.78. The third-order valence-electron chi connectivity index (χ3n) is 11.3. The Morgan fingerprint density at radius 1 is 0.852 bits per heavy atom. The second-order valence-corrected chi connectivity index (χ2v) is 17.1. The third-order valence-corrected chi connectivity index (χ3v) is 12.7. The maximum Gasteiger partial charge on any atom is 0.425 e. The predicted octanol–water partition coefficient (Wildman–Crippen LogP) is 9.00. The zero-order chi connectivity index (χ0) is 43.5. The fraction of sp³-hybridized carbons (Fsp3) is 0.478. The second-order valence-electron chi connectivity index (χ2n) is 16.0. The van der Waals surface area contributed by atoms with Crippen molar-refractivity contribution in [2.75, 3.05) is 33.9 Å². The highest BCUT2D eigenvalue weighted by molar-refractivity contribution is 7.19. The number of likely N-dealkylation sites (tertiary alicyclic amines) is 1. The molecule has 8 rings (SSSR count). The van der Waals surface area contributed by atoms with Crippen LogP contribution in [0.4, 0.5) is 9.59 Å². The molecule has 4 heterocycles. The number of alkyl carbamates (subject to hydrolysis) is 1. The van der Waals surface area contributed by atoms with Crippen LogP contribution in [0.2, 0.25) is 0 Å². The molecule has 1 saturated carbocycles. The number of amides is 4. The van der Waals surface area contributed by atoms with Gasteiger partial charge in [-0.3, -0.25) is 9.59 Å². The number of nitrogens with one attached hydrogen (secondary N) is 4. The highest BCUT2D eigenvalue weighted by Crippen LogP contribution is 2.46. The van der Waals surface area contributed by atoms with Gasteiger partial charge in [-0.2, -0.15) is 0 Å². The number of ether oxygens (including phenoxy) is 2. The fourth-order valence-electron chi connectivity index (χ4n) is 8.34. The summed E-state index contributed by atoms with van der Waals surface area (Å²) >= 11 is 1.87. The van der Waals surface area contributed by atoms with Crippen molar-refractivity contribution < 1.29 is 28.7 Å². The summed E-state index contributed by atoms with van der Waals surface area (Å²) in [5.41, 5.74) is 9.93. The molecule has 4 N–H and O–H groups in total. The molecule has 3 aromatic heterocycles. The number of aromatic nitrogens is 4. The van der Waals surface area contributed by atoms with Gasteiger partial charge in [-0.05, 0) is 98.4 Å². The Bertz CT molecular complexity index is 2260.